The van der Waals surface area contributed by atoms with Crippen molar-refractivity contribution < 1.29 is 9.31 Å². The lowest BCUT2D eigenvalue weighted by Gasteiger charge is -2.08. The highest BCUT2D eigenvalue weighted by molar-refractivity contribution is 9.10. The molecule has 0 saturated heterocycles. The molecule has 0 aliphatic heterocycles. The van der Waals surface area contributed by atoms with Crippen molar-refractivity contribution in [2.75, 3.05) is 5.32 Å². The molecule has 1 N–H and O–H groups in total. The van der Waals surface area contributed by atoms with E-state index < -0.39 is 10.7 Å². The maximum atomic E-state index is 13.1. The van der Waals surface area contributed by atoms with E-state index in [1.807, 2.05) is 0 Å². The van der Waals surface area contributed by atoms with Gasteiger partial charge in [0.25, 0.3) is 0 Å². The number of nitro groups is 1. The molecule has 0 radical (unpaired) electrons. The number of hydrogen-bond donors (Lipinski definition) is 1. The van der Waals surface area contributed by atoms with E-state index in [1.165, 1.54) is 30.3 Å². The lowest BCUT2D eigenvalue weighted by Crippen LogP contribution is -1.98. The third-order valence-corrected chi connectivity index (χ3v) is 3.28. The van der Waals surface area contributed by atoms with E-state index >= 15 is 0 Å². The Hall–Kier alpha value is -1.66. The zero-order chi connectivity index (χ0) is 14.0. The number of para-hydroxylation sites is 1. The maximum Gasteiger partial charge on any atom is 0.311 e. The number of benzene rings is 2. The maximum absolute atomic E-state index is 13.1. The Bertz CT molecular complexity index is 652. The molecule has 0 aromatic heterocycles. The van der Waals surface area contributed by atoms with Gasteiger partial charge in [0.2, 0.25) is 0 Å². The van der Waals surface area contributed by atoms with Crippen LogP contribution in [0.5, 0.6) is 0 Å². The molecule has 0 saturated carbocycles. The van der Waals surface area contributed by atoms with Crippen molar-refractivity contribution in [3.05, 3.63) is 61.8 Å². The Morgan fingerprint density at radius 1 is 1.32 bits per heavy atom. The smallest absolute Gasteiger partial charge is 0.311 e. The van der Waals surface area contributed by atoms with Gasteiger partial charge in [-0.25, -0.2) is 4.39 Å². The van der Waals surface area contributed by atoms with E-state index in [2.05, 4.69) is 21.2 Å². The summed E-state index contributed by atoms with van der Waals surface area (Å²) in [4.78, 5) is 10.4. The van der Waals surface area contributed by atoms with Gasteiger partial charge < -0.3 is 5.32 Å². The first-order valence-corrected chi connectivity index (χ1v) is 6.31. The molecule has 0 aliphatic carbocycles. The summed E-state index contributed by atoms with van der Waals surface area (Å²) in [6.07, 6.45) is 0. The van der Waals surface area contributed by atoms with Crippen LogP contribution < -0.4 is 5.32 Å². The van der Waals surface area contributed by atoms with Crippen molar-refractivity contribution in [1.82, 2.24) is 0 Å². The average molecular weight is 346 g/mol. The molecule has 0 unspecified atom stereocenters. The third-order valence-electron chi connectivity index (χ3n) is 2.37. The lowest BCUT2D eigenvalue weighted by molar-refractivity contribution is -0.383. The molecule has 0 fully saturated rings. The standard InChI is InChI=1S/C12H7BrClFN2O2/c13-8-6-7(4-5-10(8)15)16-11-3-1-2-9(14)12(11)17(18)19/h1-6,16H. The summed E-state index contributed by atoms with van der Waals surface area (Å²) in [6, 6.07) is 8.77. The summed E-state index contributed by atoms with van der Waals surface area (Å²) >= 11 is 8.84. The molecule has 0 atom stereocenters. The molecule has 0 amide bonds. The van der Waals surface area contributed by atoms with Crippen molar-refractivity contribution >= 4 is 44.6 Å². The van der Waals surface area contributed by atoms with Crippen LogP contribution in [0.1, 0.15) is 0 Å². The summed E-state index contributed by atoms with van der Waals surface area (Å²) in [5, 5.41) is 13.8. The van der Waals surface area contributed by atoms with Gasteiger partial charge in [0.05, 0.1) is 9.40 Å². The van der Waals surface area contributed by atoms with Gasteiger partial charge in [-0.1, -0.05) is 17.7 Å². The van der Waals surface area contributed by atoms with Gasteiger partial charge in [-0.3, -0.25) is 10.1 Å². The molecule has 2 aromatic rings. The van der Waals surface area contributed by atoms with Crippen LogP contribution in [0.2, 0.25) is 5.02 Å². The molecule has 0 aliphatic rings. The second-order valence-corrected chi connectivity index (χ2v) is 4.91. The molecule has 2 aromatic carbocycles. The highest BCUT2D eigenvalue weighted by atomic mass is 79.9. The van der Waals surface area contributed by atoms with Crippen LogP contribution in [0.15, 0.2) is 40.9 Å². The largest absolute Gasteiger partial charge is 0.350 e. The molecule has 19 heavy (non-hydrogen) atoms. The summed E-state index contributed by atoms with van der Waals surface area (Å²) in [5.74, 6) is -0.411. The fraction of sp³-hybridized carbons (Fsp3) is 0. The second-order valence-electron chi connectivity index (χ2n) is 3.65. The van der Waals surface area contributed by atoms with E-state index in [4.69, 9.17) is 11.6 Å². The molecule has 0 spiro atoms. The summed E-state index contributed by atoms with van der Waals surface area (Å²) in [6.45, 7) is 0. The molecule has 7 heteroatoms. The van der Waals surface area contributed by atoms with Gasteiger partial charge in [-0.05, 0) is 46.3 Å². The number of rotatable bonds is 3. The van der Waals surface area contributed by atoms with Crippen LogP contribution in [0.3, 0.4) is 0 Å². The summed E-state index contributed by atoms with van der Waals surface area (Å²) < 4.78 is 13.4. The van der Waals surface area contributed by atoms with E-state index in [1.54, 1.807) is 6.07 Å². The summed E-state index contributed by atoms with van der Waals surface area (Å²) in [7, 11) is 0. The number of nitro benzene ring substituents is 1. The van der Waals surface area contributed by atoms with Gasteiger partial charge in [0, 0.05) is 5.69 Å². The monoisotopic (exact) mass is 344 g/mol. The molecule has 2 rings (SSSR count). The minimum atomic E-state index is -0.566. The van der Waals surface area contributed by atoms with Gasteiger partial charge in [-0.15, -0.1) is 0 Å². The van der Waals surface area contributed by atoms with E-state index in [0.717, 1.165) is 0 Å². The Labute approximate surface area is 121 Å². The van der Waals surface area contributed by atoms with Crippen molar-refractivity contribution in [1.29, 1.82) is 0 Å². The molecule has 4 nitrogen and oxygen atoms in total. The Kier molecular flexibility index (Phi) is 4.01. The first-order valence-electron chi connectivity index (χ1n) is 5.14. The van der Waals surface area contributed by atoms with Crippen LogP contribution in [0.25, 0.3) is 0 Å². The van der Waals surface area contributed by atoms with Crippen molar-refractivity contribution in [3.63, 3.8) is 0 Å². The second kappa shape index (κ2) is 5.54. The SMILES string of the molecule is O=[N+]([O-])c1c(Cl)cccc1Nc1ccc(F)c(Br)c1. The van der Waals surface area contributed by atoms with Crippen molar-refractivity contribution in [2.45, 2.75) is 0 Å². The van der Waals surface area contributed by atoms with Gasteiger partial charge in [-0.2, -0.15) is 0 Å². The highest BCUT2D eigenvalue weighted by Crippen LogP contribution is 2.34. The highest BCUT2D eigenvalue weighted by Gasteiger charge is 2.18. The van der Waals surface area contributed by atoms with Gasteiger partial charge in [0.15, 0.2) is 0 Å². The van der Waals surface area contributed by atoms with Crippen LogP contribution >= 0.6 is 27.5 Å². The third kappa shape index (κ3) is 3.02. The van der Waals surface area contributed by atoms with Crippen LogP contribution in [0.4, 0.5) is 21.5 Å². The van der Waals surface area contributed by atoms with E-state index in [9.17, 15) is 14.5 Å². The zero-order valence-corrected chi connectivity index (χ0v) is 11.7. The Morgan fingerprint density at radius 3 is 2.68 bits per heavy atom. The predicted octanol–water partition coefficient (Wildman–Crippen LogP) is 4.89. The first kappa shape index (κ1) is 13.8. The van der Waals surface area contributed by atoms with E-state index in [-0.39, 0.29) is 20.9 Å². The lowest BCUT2D eigenvalue weighted by atomic mass is 10.2. The summed E-state index contributed by atoms with van der Waals surface area (Å²) in [5.41, 5.74) is 0.541. The fourth-order valence-electron chi connectivity index (χ4n) is 1.53. The van der Waals surface area contributed by atoms with Crippen molar-refractivity contribution in [2.24, 2.45) is 0 Å². The molecular weight excluding hydrogens is 338 g/mol. The normalized spacial score (nSPS) is 10.3. The quantitative estimate of drug-likeness (QED) is 0.636. The molecular formula is C12H7BrClFN2O2. The molecule has 0 heterocycles. The number of nitrogens with one attached hydrogen (secondary N) is 1. The molecule has 0 bridgehead atoms. The van der Waals surface area contributed by atoms with Gasteiger partial charge in [0.1, 0.15) is 16.5 Å². The van der Waals surface area contributed by atoms with E-state index in [0.29, 0.717) is 5.69 Å². The number of halogens is 3. The fourth-order valence-corrected chi connectivity index (χ4v) is 2.15. The van der Waals surface area contributed by atoms with Crippen molar-refractivity contribution in [3.8, 4) is 0 Å². The van der Waals surface area contributed by atoms with Crippen LogP contribution in [0, 0.1) is 15.9 Å². The molecule has 98 valence electrons. The number of nitrogens with zero attached hydrogens (tertiary/aromatic N) is 1. The van der Waals surface area contributed by atoms with Crippen LogP contribution in [-0.4, -0.2) is 4.92 Å². The average Bonchev–Trinajstić information content (AvgIpc) is 2.33. The topological polar surface area (TPSA) is 55.2 Å². The Morgan fingerprint density at radius 2 is 2.05 bits per heavy atom. The zero-order valence-electron chi connectivity index (χ0n) is 9.36. The predicted molar refractivity (Wildman–Crippen MR) is 75.5 cm³/mol. The Balaban J connectivity index is 2.40. The minimum Gasteiger partial charge on any atom is -0.350 e. The first-order chi connectivity index (χ1) is 8.99. The number of anilines is 2. The number of hydrogen-bond acceptors (Lipinski definition) is 3. The minimum absolute atomic E-state index is 0.0381. The van der Waals surface area contributed by atoms with Crippen LogP contribution in [-0.2, 0) is 0 Å². The van der Waals surface area contributed by atoms with Gasteiger partial charge >= 0.3 is 5.69 Å².